The minimum atomic E-state index is -1.52. The summed E-state index contributed by atoms with van der Waals surface area (Å²) in [7, 11) is 0. The molecule has 1 atom stereocenters. The number of amides is 1. The Balaban J connectivity index is 2.12. The highest BCUT2D eigenvalue weighted by atomic mass is 19.1. The third kappa shape index (κ3) is 2.21. The predicted octanol–water partition coefficient (Wildman–Crippen LogP) is 2.98. The Labute approximate surface area is 106 Å². The topological polar surface area (TPSA) is 20.3 Å². The lowest BCUT2D eigenvalue weighted by Crippen LogP contribution is -2.34. The number of hydrogen-bond acceptors (Lipinski definition) is 1. The van der Waals surface area contributed by atoms with Crippen molar-refractivity contribution in [2.45, 2.75) is 12.1 Å². The van der Waals surface area contributed by atoms with Gasteiger partial charge in [0.05, 0.1) is 6.54 Å². The van der Waals surface area contributed by atoms with Crippen LogP contribution in [-0.2, 0) is 0 Å². The van der Waals surface area contributed by atoms with E-state index in [0.29, 0.717) is 17.7 Å². The van der Waals surface area contributed by atoms with Crippen LogP contribution in [0.5, 0.6) is 0 Å². The standard InChI is InChI=1S/C15H16FNO/c1-3-12(2)15(16)9-10-17(11-15)14(18)13-7-5-4-6-8-13/h3-8H,1-2,9-11H2/t15-/m0/s1. The second-order valence-corrected chi connectivity index (χ2v) is 4.54. The van der Waals surface area contributed by atoms with Crippen molar-refractivity contribution in [2.24, 2.45) is 0 Å². The van der Waals surface area contributed by atoms with Gasteiger partial charge in [-0.25, -0.2) is 4.39 Å². The fourth-order valence-corrected chi connectivity index (χ4v) is 2.15. The molecule has 1 aromatic rings. The van der Waals surface area contributed by atoms with Crippen LogP contribution in [-0.4, -0.2) is 29.6 Å². The molecule has 2 rings (SSSR count). The molecule has 0 saturated carbocycles. The molecule has 2 nitrogen and oxygen atoms in total. The predicted molar refractivity (Wildman–Crippen MR) is 70.1 cm³/mol. The van der Waals surface area contributed by atoms with E-state index in [1.165, 1.54) is 11.0 Å². The smallest absolute Gasteiger partial charge is 0.253 e. The van der Waals surface area contributed by atoms with E-state index in [1.54, 1.807) is 24.3 Å². The summed E-state index contributed by atoms with van der Waals surface area (Å²) in [6.07, 6.45) is 1.72. The van der Waals surface area contributed by atoms with Crippen LogP contribution >= 0.6 is 0 Å². The fraction of sp³-hybridized carbons (Fsp3) is 0.267. The van der Waals surface area contributed by atoms with Crippen molar-refractivity contribution in [1.82, 2.24) is 4.90 Å². The van der Waals surface area contributed by atoms with Gasteiger partial charge in [-0.05, 0) is 17.7 Å². The first-order chi connectivity index (χ1) is 8.57. The largest absolute Gasteiger partial charge is 0.335 e. The van der Waals surface area contributed by atoms with Crippen LogP contribution in [0.4, 0.5) is 4.39 Å². The van der Waals surface area contributed by atoms with Crippen molar-refractivity contribution < 1.29 is 9.18 Å². The summed E-state index contributed by atoms with van der Waals surface area (Å²) in [5.41, 5.74) is -0.580. The molecule has 3 heteroatoms. The number of alkyl halides is 1. The van der Waals surface area contributed by atoms with Crippen LogP contribution in [0.3, 0.4) is 0 Å². The molecule has 1 aromatic carbocycles. The van der Waals surface area contributed by atoms with Crippen LogP contribution in [0.25, 0.3) is 0 Å². The number of hydrogen-bond donors (Lipinski definition) is 0. The van der Waals surface area contributed by atoms with Crippen molar-refractivity contribution >= 4 is 5.91 Å². The first-order valence-electron chi connectivity index (χ1n) is 5.92. The van der Waals surface area contributed by atoms with Gasteiger partial charge in [0.1, 0.15) is 0 Å². The lowest BCUT2D eigenvalue weighted by Gasteiger charge is -2.21. The SMILES string of the molecule is C=CC(=C)[C@]1(F)CCN(C(=O)c2ccccc2)C1. The molecule has 0 unspecified atom stereocenters. The number of halogens is 1. The molecule has 1 aliphatic heterocycles. The van der Waals surface area contributed by atoms with Gasteiger partial charge >= 0.3 is 0 Å². The first kappa shape index (κ1) is 12.6. The van der Waals surface area contributed by atoms with Gasteiger partial charge in [-0.15, -0.1) is 0 Å². The maximum Gasteiger partial charge on any atom is 0.253 e. The second-order valence-electron chi connectivity index (χ2n) is 4.54. The molecule has 0 N–H and O–H groups in total. The Bertz CT molecular complexity index is 483. The Hall–Kier alpha value is -1.90. The molecule has 94 valence electrons. The molecule has 0 bridgehead atoms. The molecule has 0 radical (unpaired) electrons. The molecule has 1 fully saturated rings. The normalized spacial score (nSPS) is 22.8. The molecular formula is C15H16FNO. The van der Waals surface area contributed by atoms with Crippen LogP contribution in [0.2, 0.25) is 0 Å². The highest BCUT2D eigenvalue weighted by Crippen LogP contribution is 2.33. The van der Waals surface area contributed by atoms with Crippen LogP contribution in [0, 0.1) is 0 Å². The van der Waals surface area contributed by atoms with Crippen molar-refractivity contribution in [3.05, 3.63) is 60.7 Å². The van der Waals surface area contributed by atoms with Crippen molar-refractivity contribution in [3.8, 4) is 0 Å². The zero-order valence-corrected chi connectivity index (χ0v) is 10.2. The monoisotopic (exact) mass is 245 g/mol. The summed E-state index contributed by atoms with van der Waals surface area (Å²) >= 11 is 0. The maximum atomic E-state index is 14.5. The summed E-state index contributed by atoms with van der Waals surface area (Å²) in [6.45, 7) is 7.67. The number of carbonyl (C=O) groups is 1. The van der Waals surface area contributed by atoms with E-state index in [9.17, 15) is 9.18 Å². The first-order valence-corrected chi connectivity index (χ1v) is 5.92. The van der Waals surface area contributed by atoms with Gasteiger partial charge in [-0.2, -0.15) is 0 Å². The minimum Gasteiger partial charge on any atom is -0.335 e. The van der Waals surface area contributed by atoms with Gasteiger partial charge in [-0.3, -0.25) is 4.79 Å². The molecule has 0 aliphatic carbocycles. The van der Waals surface area contributed by atoms with Crippen molar-refractivity contribution in [3.63, 3.8) is 0 Å². The molecule has 18 heavy (non-hydrogen) atoms. The third-order valence-corrected chi connectivity index (χ3v) is 3.35. The van der Waals surface area contributed by atoms with Crippen LogP contribution in [0.15, 0.2) is 55.1 Å². The Morgan fingerprint density at radius 2 is 2.06 bits per heavy atom. The van der Waals surface area contributed by atoms with E-state index in [1.807, 2.05) is 6.07 Å². The second kappa shape index (κ2) is 4.77. The zero-order chi connectivity index (χ0) is 13.2. The number of nitrogens with zero attached hydrogens (tertiary/aromatic N) is 1. The van der Waals surface area contributed by atoms with Crippen molar-refractivity contribution in [1.29, 1.82) is 0 Å². The number of carbonyl (C=O) groups excluding carboxylic acids is 1. The number of allylic oxidation sites excluding steroid dienone is 1. The van der Waals surface area contributed by atoms with E-state index in [4.69, 9.17) is 0 Å². The Morgan fingerprint density at radius 3 is 2.67 bits per heavy atom. The summed E-state index contributed by atoms with van der Waals surface area (Å²) in [6, 6.07) is 8.93. The van der Waals surface area contributed by atoms with Gasteiger partial charge in [0, 0.05) is 18.5 Å². The lowest BCUT2D eigenvalue weighted by molar-refractivity contribution is 0.0768. The molecule has 1 amide bonds. The van der Waals surface area contributed by atoms with E-state index < -0.39 is 5.67 Å². The number of benzene rings is 1. The minimum absolute atomic E-state index is 0.0611. The number of likely N-dealkylation sites (tertiary alicyclic amines) is 1. The van der Waals surface area contributed by atoms with Crippen molar-refractivity contribution in [2.75, 3.05) is 13.1 Å². The summed E-state index contributed by atoms with van der Waals surface area (Å²) in [5.74, 6) is -0.132. The van der Waals surface area contributed by atoms with Gasteiger partial charge < -0.3 is 4.90 Å². The highest BCUT2D eigenvalue weighted by Gasteiger charge is 2.41. The Kier molecular flexibility index (Phi) is 3.32. The average molecular weight is 245 g/mol. The van der Waals surface area contributed by atoms with E-state index in [-0.39, 0.29) is 18.9 Å². The highest BCUT2D eigenvalue weighted by molar-refractivity contribution is 5.94. The molecular weight excluding hydrogens is 229 g/mol. The summed E-state index contributed by atoms with van der Waals surface area (Å²) < 4.78 is 14.5. The van der Waals surface area contributed by atoms with Crippen LogP contribution in [0.1, 0.15) is 16.8 Å². The zero-order valence-electron chi connectivity index (χ0n) is 10.2. The molecule has 0 aromatic heterocycles. The molecule has 0 spiro atoms. The molecule has 1 saturated heterocycles. The summed E-state index contributed by atoms with van der Waals surface area (Å²) in [4.78, 5) is 13.7. The van der Waals surface area contributed by atoms with E-state index in [2.05, 4.69) is 13.2 Å². The quantitative estimate of drug-likeness (QED) is 0.750. The molecule has 1 aliphatic rings. The average Bonchev–Trinajstić information content (AvgIpc) is 2.82. The third-order valence-electron chi connectivity index (χ3n) is 3.35. The fourth-order valence-electron chi connectivity index (χ4n) is 2.15. The van der Waals surface area contributed by atoms with E-state index >= 15 is 0 Å². The van der Waals surface area contributed by atoms with Gasteiger partial charge in [-0.1, -0.05) is 37.4 Å². The van der Waals surface area contributed by atoms with E-state index in [0.717, 1.165) is 0 Å². The molecule has 1 heterocycles. The van der Waals surface area contributed by atoms with Gasteiger partial charge in [0.2, 0.25) is 0 Å². The lowest BCUT2D eigenvalue weighted by atomic mass is 9.96. The number of rotatable bonds is 3. The van der Waals surface area contributed by atoms with Gasteiger partial charge in [0.15, 0.2) is 5.67 Å². The maximum absolute atomic E-state index is 14.5. The Morgan fingerprint density at radius 1 is 1.39 bits per heavy atom. The van der Waals surface area contributed by atoms with Gasteiger partial charge in [0.25, 0.3) is 5.91 Å². The summed E-state index contributed by atoms with van der Waals surface area (Å²) in [5, 5.41) is 0. The van der Waals surface area contributed by atoms with Crippen LogP contribution < -0.4 is 0 Å².